The van der Waals surface area contributed by atoms with Crippen LogP contribution in [0.1, 0.15) is 53.4 Å². The van der Waals surface area contributed by atoms with E-state index in [-0.39, 0.29) is 23.4 Å². The van der Waals surface area contributed by atoms with Crippen molar-refractivity contribution in [3.63, 3.8) is 0 Å². The number of carboxylic acids is 1. The molecule has 0 aromatic rings. The molecule has 0 fully saturated rings. The second-order valence-electron chi connectivity index (χ2n) is 6.72. The van der Waals surface area contributed by atoms with E-state index >= 15 is 0 Å². The summed E-state index contributed by atoms with van der Waals surface area (Å²) in [6.45, 7) is 7.72. The lowest BCUT2D eigenvalue weighted by molar-refractivity contribution is -0.144. The largest absolute Gasteiger partial charge is 0.503 e. The minimum absolute atomic E-state index is 0.0347. The van der Waals surface area contributed by atoms with Crippen LogP contribution in [0.25, 0.3) is 0 Å². The summed E-state index contributed by atoms with van der Waals surface area (Å²) in [6, 6.07) is 0. The van der Waals surface area contributed by atoms with Gasteiger partial charge in [-0.3, -0.25) is 9.59 Å². The average Bonchev–Trinajstić information content (AvgIpc) is 2.52. The van der Waals surface area contributed by atoms with Gasteiger partial charge in [-0.25, -0.2) is 0 Å². The highest BCUT2D eigenvalue weighted by atomic mass is 28.4. The molecule has 2 N–H and O–H groups in total. The molecule has 24 heavy (non-hydrogen) atoms. The zero-order valence-electron chi connectivity index (χ0n) is 16.0. The van der Waals surface area contributed by atoms with Gasteiger partial charge in [-0.15, -0.1) is 0 Å². The van der Waals surface area contributed by atoms with E-state index in [1.54, 1.807) is 0 Å². The molecule has 0 aliphatic carbocycles. The highest BCUT2D eigenvalue weighted by Crippen LogP contribution is 2.30. The van der Waals surface area contributed by atoms with Gasteiger partial charge in [0.25, 0.3) is 0 Å². The first-order chi connectivity index (χ1) is 11.1. The van der Waals surface area contributed by atoms with Crippen LogP contribution in [0.5, 0.6) is 0 Å². The summed E-state index contributed by atoms with van der Waals surface area (Å²) >= 11 is 0. The molecule has 0 aromatic heterocycles. The van der Waals surface area contributed by atoms with Crippen molar-refractivity contribution in [2.75, 3.05) is 21.3 Å². The van der Waals surface area contributed by atoms with Crippen LogP contribution in [0, 0.1) is 5.92 Å². The molecule has 0 aliphatic rings. The van der Waals surface area contributed by atoms with Gasteiger partial charge in [-0.2, -0.15) is 0 Å². The molecule has 0 aliphatic heterocycles. The lowest BCUT2D eigenvalue weighted by Crippen LogP contribution is -2.47. The van der Waals surface area contributed by atoms with Crippen LogP contribution in [0.15, 0.2) is 0 Å². The van der Waals surface area contributed by atoms with Gasteiger partial charge in [0.2, 0.25) is 5.91 Å². The predicted octanol–water partition coefficient (Wildman–Crippen LogP) is 2.43. The number of hydrogen-bond donors (Lipinski definition) is 2. The molecule has 2 atom stereocenters. The van der Waals surface area contributed by atoms with Crippen LogP contribution in [0.3, 0.4) is 0 Å². The van der Waals surface area contributed by atoms with Crippen LogP contribution in [0.2, 0.25) is 5.54 Å². The molecule has 1 amide bonds. The van der Waals surface area contributed by atoms with Gasteiger partial charge in [0.15, 0.2) is 0 Å². The number of hydrogen-bond acceptors (Lipinski definition) is 5. The number of nitrogens with one attached hydrogen (secondary N) is 1. The first kappa shape index (κ1) is 23.0. The molecule has 0 aromatic carbocycles. The van der Waals surface area contributed by atoms with Crippen molar-refractivity contribution in [3.8, 4) is 0 Å². The van der Waals surface area contributed by atoms with Crippen molar-refractivity contribution in [2.45, 2.75) is 64.5 Å². The van der Waals surface area contributed by atoms with Crippen LogP contribution in [-0.4, -0.2) is 52.7 Å². The van der Waals surface area contributed by atoms with E-state index in [4.69, 9.17) is 13.3 Å². The lowest BCUT2D eigenvalue weighted by Gasteiger charge is -2.30. The Morgan fingerprint density at radius 1 is 1.12 bits per heavy atom. The Labute approximate surface area is 146 Å². The van der Waals surface area contributed by atoms with Crippen molar-refractivity contribution >= 4 is 20.7 Å². The van der Waals surface area contributed by atoms with E-state index in [1.165, 1.54) is 21.3 Å². The number of carboxylic acid groups (broad SMARTS) is 1. The van der Waals surface area contributed by atoms with Crippen molar-refractivity contribution in [2.24, 2.45) is 5.92 Å². The molecular formula is C16H33NO6Si. The van der Waals surface area contributed by atoms with Gasteiger partial charge >= 0.3 is 14.8 Å². The number of rotatable bonds is 12. The van der Waals surface area contributed by atoms with E-state index < -0.39 is 20.7 Å². The number of carbonyl (C=O) groups is 2. The minimum Gasteiger partial charge on any atom is -0.481 e. The summed E-state index contributed by atoms with van der Waals surface area (Å²) in [5.74, 6) is -1.95. The quantitative estimate of drug-likeness (QED) is 0.517. The summed E-state index contributed by atoms with van der Waals surface area (Å²) in [6.07, 6.45) is 1.65. The van der Waals surface area contributed by atoms with Gasteiger partial charge < -0.3 is 23.7 Å². The zero-order valence-corrected chi connectivity index (χ0v) is 17.0. The molecular weight excluding hydrogens is 330 g/mol. The Hall–Kier alpha value is -0.963. The predicted molar refractivity (Wildman–Crippen MR) is 93.7 cm³/mol. The van der Waals surface area contributed by atoms with Crippen LogP contribution in [-0.2, 0) is 22.9 Å². The molecule has 0 radical (unpaired) electrons. The SMILES string of the molecule is CCC(C)(C)NC(=O)CC(CCC(C)[Si](OC)(OC)OC)C(=O)O. The number of amides is 1. The van der Waals surface area contributed by atoms with Crippen LogP contribution < -0.4 is 5.32 Å². The Morgan fingerprint density at radius 2 is 1.62 bits per heavy atom. The topological polar surface area (TPSA) is 94.1 Å². The second-order valence-corrected chi connectivity index (χ2v) is 10.1. The monoisotopic (exact) mass is 363 g/mol. The van der Waals surface area contributed by atoms with E-state index in [0.29, 0.717) is 12.8 Å². The summed E-state index contributed by atoms with van der Waals surface area (Å²) in [4.78, 5) is 23.6. The van der Waals surface area contributed by atoms with Crippen molar-refractivity contribution in [3.05, 3.63) is 0 Å². The fourth-order valence-electron chi connectivity index (χ4n) is 2.53. The van der Waals surface area contributed by atoms with Crippen molar-refractivity contribution < 1.29 is 28.0 Å². The van der Waals surface area contributed by atoms with Gasteiger partial charge in [0, 0.05) is 38.8 Å². The summed E-state index contributed by atoms with van der Waals surface area (Å²) < 4.78 is 16.3. The lowest BCUT2D eigenvalue weighted by atomic mass is 9.96. The maximum absolute atomic E-state index is 12.1. The molecule has 0 saturated heterocycles. The third-order valence-corrected chi connectivity index (χ3v) is 7.75. The summed E-state index contributed by atoms with van der Waals surface area (Å²) in [5, 5.41) is 12.3. The highest BCUT2D eigenvalue weighted by Gasteiger charge is 2.44. The van der Waals surface area contributed by atoms with Crippen molar-refractivity contribution in [1.82, 2.24) is 5.32 Å². The van der Waals surface area contributed by atoms with E-state index in [0.717, 1.165) is 6.42 Å². The van der Waals surface area contributed by atoms with Crippen LogP contribution >= 0.6 is 0 Å². The number of carbonyl (C=O) groups excluding carboxylic acids is 1. The van der Waals surface area contributed by atoms with Gasteiger partial charge in [0.1, 0.15) is 0 Å². The van der Waals surface area contributed by atoms with Gasteiger partial charge in [-0.1, -0.05) is 13.8 Å². The van der Waals surface area contributed by atoms with E-state index in [9.17, 15) is 14.7 Å². The first-order valence-electron chi connectivity index (χ1n) is 8.26. The second kappa shape index (κ2) is 10.1. The molecule has 2 unspecified atom stereocenters. The van der Waals surface area contributed by atoms with Gasteiger partial charge in [-0.05, 0) is 33.1 Å². The number of aliphatic carboxylic acids is 1. The fraction of sp³-hybridized carbons (Fsp3) is 0.875. The maximum atomic E-state index is 12.1. The Bertz CT molecular complexity index is 403. The molecule has 7 nitrogen and oxygen atoms in total. The van der Waals surface area contributed by atoms with Gasteiger partial charge in [0.05, 0.1) is 5.92 Å². The Balaban J connectivity index is 4.76. The third-order valence-electron chi connectivity index (χ3n) is 4.55. The normalized spacial score (nSPS) is 15.0. The zero-order chi connectivity index (χ0) is 19.0. The Kier molecular flexibility index (Phi) is 9.72. The molecule has 0 saturated carbocycles. The molecule has 0 spiro atoms. The third kappa shape index (κ3) is 6.88. The molecule has 0 rings (SSSR count). The minimum atomic E-state index is -2.80. The Morgan fingerprint density at radius 3 is 2.00 bits per heavy atom. The molecule has 0 heterocycles. The molecule has 142 valence electrons. The maximum Gasteiger partial charge on any atom is 0.503 e. The smallest absolute Gasteiger partial charge is 0.481 e. The first-order valence-corrected chi connectivity index (χ1v) is 10.1. The fourth-order valence-corrected chi connectivity index (χ4v) is 4.76. The summed E-state index contributed by atoms with van der Waals surface area (Å²) in [7, 11) is 1.80. The van der Waals surface area contributed by atoms with E-state index in [1.807, 2.05) is 27.7 Å². The molecule has 8 heteroatoms. The average molecular weight is 364 g/mol. The molecule has 0 bridgehead atoms. The standard InChI is InChI=1S/C16H33NO6Si/c1-8-16(3,4)17-14(18)11-13(15(19)20)10-9-12(2)24(21-5,22-6)23-7/h12-13H,8-11H2,1-7H3,(H,17,18)(H,19,20). The van der Waals surface area contributed by atoms with Crippen LogP contribution in [0.4, 0.5) is 0 Å². The van der Waals surface area contributed by atoms with E-state index in [2.05, 4.69) is 5.32 Å². The highest BCUT2D eigenvalue weighted by molar-refractivity contribution is 6.62. The summed E-state index contributed by atoms with van der Waals surface area (Å²) in [5.41, 5.74) is -0.396. The van der Waals surface area contributed by atoms with Crippen molar-refractivity contribution in [1.29, 1.82) is 0 Å².